The fraction of sp³-hybridized carbons (Fsp3) is 0.267. The third kappa shape index (κ3) is 3.32. The molecule has 0 saturated heterocycles. The number of nitrogens with zero attached hydrogens (tertiary/aromatic N) is 2. The lowest BCUT2D eigenvalue weighted by Gasteiger charge is -2.08. The van der Waals surface area contributed by atoms with Gasteiger partial charge in [0, 0.05) is 38.0 Å². The number of aliphatic hydroxyl groups excluding tert-OH is 1. The first-order valence-corrected chi connectivity index (χ1v) is 6.84. The predicted molar refractivity (Wildman–Crippen MR) is 84.0 cm³/mol. The Hall–Kier alpha value is -2.67. The van der Waals surface area contributed by atoms with Gasteiger partial charge >= 0.3 is 0 Å². The minimum atomic E-state index is -0.488. The summed E-state index contributed by atoms with van der Waals surface area (Å²) in [5.74, 6) is 0. The fourth-order valence-corrected chi connectivity index (χ4v) is 2.12. The minimum Gasteiger partial charge on any atom is -0.396 e. The van der Waals surface area contributed by atoms with Gasteiger partial charge in [0.05, 0.1) is 4.92 Å². The number of hydrogen-bond donors (Lipinski definition) is 2. The van der Waals surface area contributed by atoms with Crippen molar-refractivity contribution < 1.29 is 10.0 Å². The summed E-state index contributed by atoms with van der Waals surface area (Å²) in [5, 5.41) is 22.9. The molecule has 2 rings (SSSR count). The van der Waals surface area contributed by atoms with Crippen molar-refractivity contribution in [2.45, 2.75) is 6.42 Å². The van der Waals surface area contributed by atoms with Crippen molar-refractivity contribution in [1.82, 2.24) is 4.57 Å². The van der Waals surface area contributed by atoms with Gasteiger partial charge in [-0.05, 0) is 30.2 Å². The Labute approximate surface area is 127 Å². The summed E-state index contributed by atoms with van der Waals surface area (Å²) in [7, 11) is 1.63. The topological polar surface area (TPSA) is 97.4 Å². The predicted octanol–water partition coefficient (Wildman–Crippen LogP) is 1.75. The number of benzene rings is 1. The van der Waals surface area contributed by atoms with Gasteiger partial charge in [0.15, 0.2) is 0 Å². The molecule has 2 aromatic rings. The molecule has 0 saturated carbocycles. The average molecular weight is 303 g/mol. The molecule has 2 N–H and O–H groups in total. The van der Waals surface area contributed by atoms with Gasteiger partial charge in [0.25, 0.3) is 11.2 Å². The van der Waals surface area contributed by atoms with Crippen LogP contribution < -0.4 is 10.9 Å². The second kappa shape index (κ2) is 6.86. The summed E-state index contributed by atoms with van der Waals surface area (Å²) < 4.78 is 1.43. The SMILES string of the molecule is Cn1cccc(-c2ccc(NCCCO)c([N+](=O)[O-])c2)c1=O. The first-order valence-electron chi connectivity index (χ1n) is 6.84. The van der Waals surface area contributed by atoms with Crippen LogP contribution in [0.5, 0.6) is 0 Å². The molecule has 0 fully saturated rings. The number of rotatable bonds is 6. The number of pyridine rings is 1. The van der Waals surface area contributed by atoms with Gasteiger partial charge in [-0.3, -0.25) is 14.9 Å². The summed E-state index contributed by atoms with van der Waals surface area (Å²) in [6.45, 7) is 0.447. The highest BCUT2D eigenvalue weighted by atomic mass is 16.6. The van der Waals surface area contributed by atoms with E-state index in [1.54, 1.807) is 37.5 Å². The largest absolute Gasteiger partial charge is 0.396 e. The molecular formula is C15H17N3O4. The van der Waals surface area contributed by atoms with Crippen LogP contribution in [0.25, 0.3) is 11.1 Å². The van der Waals surface area contributed by atoms with Gasteiger partial charge in [-0.25, -0.2) is 0 Å². The molecule has 0 atom stereocenters. The minimum absolute atomic E-state index is 0.0128. The number of nitro benzene ring substituents is 1. The Morgan fingerprint density at radius 2 is 2.14 bits per heavy atom. The van der Waals surface area contributed by atoms with Crippen LogP contribution in [0, 0.1) is 10.1 Å². The van der Waals surface area contributed by atoms with E-state index in [1.165, 1.54) is 10.6 Å². The average Bonchev–Trinajstić information content (AvgIpc) is 2.50. The number of nitro groups is 1. The Balaban J connectivity index is 2.43. The molecule has 22 heavy (non-hydrogen) atoms. The van der Waals surface area contributed by atoms with Gasteiger partial charge in [-0.15, -0.1) is 0 Å². The number of aryl methyl sites for hydroxylation is 1. The van der Waals surface area contributed by atoms with E-state index >= 15 is 0 Å². The van der Waals surface area contributed by atoms with E-state index in [2.05, 4.69) is 5.32 Å². The van der Waals surface area contributed by atoms with Crippen LogP contribution in [0.3, 0.4) is 0 Å². The summed E-state index contributed by atoms with van der Waals surface area (Å²) in [6.07, 6.45) is 2.13. The van der Waals surface area contributed by atoms with Gasteiger partial charge in [0.2, 0.25) is 0 Å². The van der Waals surface area contributed by atoms with Gasteiger partial charge in [-0.2, -0.15) is 0 Å². The molecule has 0 amide bonds. The normalized spacial score (nSPS) is 10.5. The standard InChI is InChI=1S/C15H17N3O4/c1-17-8-2-4-12(15(17)20)11-5-6-13(16-7-3-9-19)14(10-11)18(21)22/h2,4-6,8,10,16,19H,3,7,9H2,1H3. The molecule has 0 unspecified atom stereocenters. The molecule has 116 valence electrons. The molecule has 0 aliphatic heterocycles. The zero-order chi connectivity index (χ0) is 16.1. The molecular weight excluding hydrogens is 286 g/mol. The van der Waals surface area contributed by atoms with Crippen molar-refractivity contribution in [3.05, 3.63) is 57.0 Å². The zero-order valence-corrected chi connectivity index (χ0v) is 12.2. The third-order valence-corrected chi connectivity index (χ3v) is 3.28. The number of hydrogen-bond acceptors (Lipinski definition) is 5. The van der Waals surface area contributed by atoms with Crippen molar-refractivity contribution in [2.75, 3.05) is 18.5 Å². The molecule has 1 heterocycles. The lowest BCUT2D eigenvalue weighted by Crippen LogP contribution is -2.17. The second-order valence-corrected chi connectivity index (χ2v) is 4.83. The Kier molecular flexibility index (Phi) is 4.90. The fourth-order valence-electron chi connectivity index (χ4n) is 2.12. The van der Waals surface area contributed by atoms with Gasteiger partial charge < -0.3 is 15.0 Å². The van der Waals surface area contributed by atoms with Crippen LogP contribution in [0.15, 0.2) is 41.3 Å². The molecule has 7 nitrogen and oxygen atoms in total. The first-order chi connectivity index (χ1) is 10.5. The molecule has 0 aliphatic carbocycles. The van der Waals surface area contributed by atoms with Crippen molar-refractivity contribution in [3.8, 4) is 11.1 Å². The summed E-state index contributed by atoms with van der Waals surface area (Å²) in [6, 6.07) is 8.00. The van der Waals surface area contributed by atoms with E-state index in [4.69, 9.17) is 5.11 Å². The lowest BCUT2D eigenvalue weighted by atomic mass is 10.1. The smallest absolute Gasteiger partial charge is 0.292 e. The van der Waals surface area contributed by atoms with E-state index < -0.39 is 4.92 Å². The molecule has 1 aromatic heterocycles. The van der Waals surface area contributed by atoms with Crippen LogP contribution in [0.4, 0.5) is 11.4 Å². The first kappa shape index (κ1) is 15.7. The summed E-state index contributed by atoms with van der Waals surface area (Å²) in [5.41, 5.74) is 0.977. The van der Waals surface area contributed by atoms with Gasteiger partial charge in [-0.1, -0.05) is 6.07 Å². The van der Waals surface area contributed by atoms with Crippen LogP contribution in [-0.4, -0.2) is 27.7 Å². The van der Waals surface area contributed by atoms with Crippen LogP contribution in [-0.2, 0) is 7.05 Å². The van der Waals surface area contributed by atoms with Gasteiger partial charge in [0.1, 0.15) is 5.69 Å². The number of aromatic nitrogens is 1. The van der Waals surface area contributed by atoms with E-state index in [1.807, 2.05) is 0 Å². The van der Waals surface area contributed by atoms with Crippen molar-refractivity contribution >= 4 is 11.4 Å². The number of aliphatic hydroxyl groups is 1. The molecule has 0 spiro atoms. The van der Waals surface area contributed by atoms with Crippen LogP contribution in [0.1, 0.15) is 6.42 Å². The maximum absolute atomic E-state index is 12.1. The highest BCUT2D eigenvalue weighted by molar-refractivity contribution is 5.73. The third-order valence-electron chi connectivity index (χ3n) is 3.28. The summed E-state index contributed by atoms with van der Waals surface area (Å²) >= 11 is 0. The quantitative estimate of drug-likeness (QED) is 0.481. The number of nitrogens with one attached hydrogen (secondary N) is 1. The van der Waals surface area contributed by atoms with Crippen molar-refractivity contribution in [3.63, 3.8) is 0 Å². The van der Waals surface area contributed by atoms with E-state index in [0.717, 1.165) is 0 Å². The molecule has 1 aromatic carbocycles. The molecule has 0 bridgehead atoms. The molecule has 0 radical (unpaired) electrons. The van der Waals surface area contributed by atoms with Crippen molar-refractivity contribution in [1.29, 1.82) is 0 Å². The highest BCUT2D eigenvalue weighted by Crippen LogP contribution is 2.29. The maximum atomic E-state index is 12.1. The number of anilines is 1. The molecule has 0 aliphatic rings. The van der Waals surface area contributed by atoms with E-state index in [0.29, 0.717) is 29.8 Å². The maximum Gasteiger partial charge on any atom is 0.292 e. The lowest BCUT2D eigenvalue weighted by molar-refractivity contribution is -0.383. The summed E-state index contributed by atoms with van der Waals surface area (Å²) in [4.78, 5) is 22.8. The van der Waals surface area contributed by atoms with Crippen LogP contribution >= 0.6 is 0 Å². The zero-order valence-electron chi connectivity index (χ0n) is 12.2. The monoisotopic (exact) mass is 303 g/mol. The Morgan fingerprint density at radius 1 is 1.36 bits per heavy atom. The van der Waals surface area contributed by atoms with E-state index in [9.17, 15) is 14.9 Å². The van der Waals surface area contributed by atoms with Crippen LogP contribution in [0.2, 0.25) is 0 Å². The highest BCUT2D eigenvalue weighted by Gasteiger charge is 2.16. The van der Waals surface area contributed by atoms with Crippen molar-refractivity contribution in [2.24, 2.45) is 7.05 Å². The second-order valence-electron chi connectivity index (χ2n) is 4.83. The Bertz CT molecular complexity index is 740. The Morgan fingerprint density at radius 3 is 2.82 bits per heavy atom. The molecule has 7 heteroatoms. The van der Waals surface area contributed by atoms with E-state index in [-0.39, 0.29) is 17.9 Å².